The van der Waals surface area contributed by atoms with E-state index in [-0.39, 0.29) is 24.8 Å². The third-order valence-electron chi connectivity index (χ3n) is 3.57. The highest BCUT2D eigenvalue weighted by Crippen LogP contribution is 2.28. The molecule has 0 saturated carbocycles. The Morgan fingerprint density at radius 2 is 2.21 bits per heavy atom. The lowest BCUT2D eigenvalue weighted by Crippen LogP contribution is -2.36. The number of aliphatic hydroxyl groups is 2. The van der Waals surface area contributed by atoms with Gasteiger partial charge in [-0.3, -0.25) is 10.1 Å². The van der Waals surface area contributed by atoms with Gasteiger partial charge in [0.15, 0.2) is 0 Å². The number of nitro groups is 1. The number of nitrogens with zero attached hydrogens (tertiary/aromatic N) is 2. The molecule has 1 aliphatic rings. The fourth-order valence-corrected chi connectivity index (χ4v) is 2.52. The van der Waals surface area contributed by atoms with Gasteiger partial charge in [0.05, 0.1) is 17.1 Å². The van der Waals surface area contributed by atoms with E-state index in [1.807, 2.05) is 0 Å². The lowest BCUT2D eigenvalue weighted by atomic mass is 9.98. The van der Waals surface area contributed by atoms with Gasteiger partial charge in [0.2, 0.25) is 0 Å². The number of hydrogen-bond acceptors (Lipinski definition) is 5. The summed E-state index contributed by atoms with van der Waals surface area (Å²) in [4.78, 5) is 12.4. The molecule has 2 N–H and O–H groups in total. The quantitative estimate of drug-likeness (QED) is 0.633. The van der Waals surface area contributed by atoms with E-state index in [0.717, 1.165) is 31.6 Å². The summed E-state index contributed by atoms with van der Waals surface area (Å²) in [6, 6.07) is 4.80. The van der Waals surface area contributed by atoms with Crippen molar-refractivity contribution in [3.8, 4) is 0 Å². The molecule has 0 radical (unpaired) electrons. The monoisotopic (exact) mass is 266 g/mol. The Morgan fingerprint density at radius 1 is 1.42 bits per heavy atom. The maximum absolute atomic E-state index is 10.8. The zero-order chi connectivity index (χ0) is 13.8. The first-order valence-electron chi connectivity index (χ1n) is 6.39. The maximum atomic E-state index is 10.8. The third kappa shape index (κ3) is 3.02. The molecule has 2 rings (SSSR count). The topological polar surface area (TPSA) is 86.8 Å². The predicted octanol–water partition coefficient (Wildman–Crippen LogP) is 1.30. The molecular formula is C13H18N2O4. The molecule has 1 atom stereocenters. The molecule has 1 aliphatic heterocycles. The van der Waals surface area contributed by atoms with Gasteiger partial charge in [-0.2, -0.15) is 0 Å². The van der Waals surface area contributed by atoms with Crippen molar-refractivity contribution in [1.29, 1.82) is 0 Å². The van der Waals surface area contributed by atoms with Crippen molar-refractivity contribution in [3.05, 3.63) is 33.9 Å². The molecule has 0 amide bonds. The molecule has 1 heterocycles. The summed E-state index contributed by atoms with van der Waals surface area (Å²) in [5.74, 6) is 0.251. The van der Waals surface area contributed by atoms with Gasteiger partial charge in [0, 0.05) is 31.5 Å². The summed E-state index contributed by atoms with van der Waals surface area (Å²) >= 11 is 0. The molecule has 0 bridgehead atoms. The number of aliphatic hydroxyl groups excluding tert-OH is 2. The summed E-state index contributed by atoms with van der Waals surface area (Å²) in [5.41, 5.74) is 1.14. The van der Waals surface area contributed by atoms with E-state index in [1.54, 1.807) is 12.1 Å². The molecule has 1 aromatic rings. The lowest BCUT2D eigenvalue weighted by molar-refractivity contribution is -0.385. The first-order chi connectivity index (χ1) is 9.15. The average Bonchev–Trinajstić information content (AvgIpc) is 2.46. The van der Waals surface area contributed by atoms with Crippen molar-refractivity contribution in [2.24, 2.45) is 5.92 Å². The van der Waals surface area contributed by atoms with Crippen molar-refractivity contribution >= 4 is 11.4 Å². The maximum Gasteiger partial charge on any atom is 0.275 e. The van der Waals surface area contributed by atoms with Gasteiger partial charge in [0.1, 0.15) is 0 Å². The fraction of sp³-hybridized carbons (Fsp3) is 0.538. The van der Waals surface area contributed by atoms with Crippen molar-refractivity contribution in [2.45, 2.75) is 19.4 Å². The summed E-state index contributed by atoms with van der Waals surface area (Å²) in [5, 5.41) is 29.3. The molecule has 104 valence electrons. The Hall–Kier alpha value is -1.66. The van der Waals surface area contributed by atoms with Gasteiger partial charge in [-0.1, -0.05) is 0 Å². The molecule has 6 heteroatoms. The Balaban J connectivity index is 2.23. The number of nitro benzene ring substituents is 1. The van der Waals surface area contributed by atoms with Crippen LogP contribution >= 0.6 is 0 Å². The Labute approximate surface area is 111 Å². The molecule has 19 heavy (non-hydrogen) atoms. The van der Waals surface area contributed by atoms with E-state index < -0.39 is 4.92 Å². The van der Waals surface area contributed by atoms with E-state index in [2.05, 4.69) is 4.90 Å². The molecular weight excluding hydrogens is 248 g/mol. The lowest BCUT2D eigenvalue weighted by Gasteiger charge is -2.33. The Bertz CT molecular complexity index is 464. The third-order valence-corrected chi connectivity index (χ3v) is 3.57. The van der Waals surface area contributed by atoms with E-state index >= 15 is 0 Å². The highest BCUT2D eigenvalue weighted by Gasteiger charge is 2.21. The molecule has 1 saturated heterocycles. The van der Waals surface area contributed by atoms with Gasteiger partial charge >= 0.3 is 0 Å². The number of hydrogen-bond donors (Lipinski definition) is 2. The van der Waals surface area contributed by atoms with E-state index in [0.29, 0.717) is 5.56 Å². The molecule has 0 spiro atoms. The number of piperidine rings is 1. The molecule has 1 unspecified atom stereocenters. The minimum Gasteiger partial charge on any atom is -0.396 e. The van der Waals surface area contributed by atoms with Gasteiger partial charge in [0.25, 0.3) is 5.69 Å². The van der Waals surface area contributed by atoms with Crippen LogP contribution in [0.1, 0.15) is 18.4 Å². The van der Waals surface area contributed by atoms with Crippen LogP contribution in [-0.4, -0.2) is 34.8 Å². The highest BCUT2D eigenvalue weighted by atomic mass is 16.6. The summed E-state index contributed by atoms with van der Waals surface area (Å²) in [7, 11) is 0. The minimum absolute atomic E-state index is 0.0537. The first-order valence-corrected chi connectivity index (χ1v) is 6.39. The SMILES string of the molecule is O=[N+]([O-])c1ccc(N2CCCC(CO)C2)cc1CO. The summed E-state index contributed by atoms with van der Waals surface area (Å²) < 4.78 is 0. The fourth-order valence-electron chi connectivity index (χ4n) is 2.52. The molecule has 1 aromatic carbocycles. The number of rotatable bonds is 4. The standard InChI is InChI=1S/C13H18N2O4/c16-8-10-2-1-5-14(7-10)12-3-4-13(15(18)19)11(6-12)9-17/h3-4,6,10,16-17H,1-2,5,7-9H2. The first kappa shape index (κ1) is 13.8. The zero-order valence-corrected chi connectivity index (χ0v) is 10.7. The van der Waals surface area contributed by atoms with Gasteiger partial charge < -0.3 is 15.1 Å². The Morgan fingerprint density at radius 3 is 2.84 bits per heavy atom. The van der Waals surface area contributed by atoms with E-state index in [9.17, 15) is 20.3 Å². The van der Waals surface area contributed by atoms with Crippen molar-refractivity contribution in [1.82, 2.24) is 0 Å². The molecule has 0 aliphatic carbocycles. The van der Waals surface area contributed by atoms with E-state index in [4.69, 9.17) is 0 Å². The largest absolute Gasteiger partial charge is 0.396 e. The van der Waals surface area contributed by atoms with Crippen LogP contribution in [0.4, 0.5) is 11.4 Å². The van der Waals surface area contributed by atoms with Crippen LogP contribution in [0.2, 0.25) is 0 Å². The van der Waals surface area contributed by atoms with Crippen molar-refractivity contribution in [3.63, 3.8) is 0 Å². The minimum atomic E-state index is -0.484. The molecule has 1 fully saturated rings. The van der Waals surface area contributed by atoms with Gasteiger partial charge in [-0.25, -0.2) is 0 Å². The predicted molar refractivity (Wildman–Crippen MR) is 71.0 cm³/mol. The van der Waals surface area contributed by atoms with Gasteiger partial charge in [-0.05, 0) is 30.9 Å². The van der Waals surface area contributed by atoms with Crippen LogP contribution < -0.4 is 4.90 Å². The van der Waals surface area contributed by atoms with Crippen molar-refractivity contribution in [2.75, 3.05) is 24.6 Å². The second kappa shape index (κ2) is 5.99. The van der Waals surface area contributed by atoms with Crippen LogP contribution in [-0.2, 0) is 6.61 Å². The summed E-state index contributed by atoms with van der Waals surface area (Å²) in [6.45, 7) is 1.44. The van der Waals surface area contributed by atoms with Crippen LogP contribution in [0.15, 0.2) is 18.2 Å². The molecule has 6 nitrogen and oxygen atoms in total. The zero-order valence-electron chi connectivity index (χ0n) is 10.7. The smallest absolute Gasteiger partial charge is 0.275 e. The van der Waals surface area contributed by atoms with Crippen LogP contribution in [0, 0.1) is 16.0 Å². The van der Waals surface area contributed by atoms with Gasteiger partial charge in [-0.15, -0.1) is 0 Å². The second-order valence-corrected chi connectivity index (χ2v) is 4.87. The van der Waals surface area contributed by atoms with E-state index in [1.165, 1.54) is 6.07 Å². The highest BCUT2D eigenvalue weighted by molar-refractivity contribution is 5.55. The number of anilines is 1. The average molecular weight is 266 g/mol. The molecule has 0 aromatic heterocycles. The van der Waals surface area contributed by atoms with Crippen LogP contribution in [0.3, 0.4) is 0 Å². The number of benzene rings is 1. The van der Waals surface area contributed by atoms with Crippen molar-refractivity contribution < 1.29 is 15.1 Å². The van der Waals surface area contributed by atoms with Crippen LogP contribution in [0.5, 0.6) is 0 Å². The van der Waals surface area contributed by atoms with Crippen LogP contribution in [0.25, 0.3) is 0 Å². The second-order valence-electron chi connectivity index (χ2n) is 4.87. The normalized spacial score (nSPS) is 19.5. The summed E-state index contributed by atoms with van der Waals surface area (Å²) in [6.07, 6.45) is 2.00. The Kier molecular flexibility index (Phi) is 4.34.